The summed E-state index contributed by atoms with van der Waals surface area (Å²) in [7, 11) is -3.77. The highest BCUT2D eigenvalue weighted by atomic mass is 32.2. The monoisotopic (exact) mass is 414 g/mol. The van der Waals surface area contributed by atoms with Crippen LogP contribution in [0.15, 0.2) is 23.1 Å². The minimum Gasteiger partial charge on any atom is -0.379 e. The molecule has 8 nitrogen and oxygen atoms in total. The summed E-state index contributed by atoms with van der Waals surface area (Å²) in [6.07, 6.45) is 0. The number of nitrogens with one attached hydrogen (secondary N) is 1. The fourth-order valence-corrected chi connectivity index (χ4v) is 4.87. The molecule has 1 saturated heterocycles. The van der Waals surface area contributed by atoms with Crippen molar-refractivity contribution in [3.05, 3.63) is 41.2 Å². The van der Waals surface area contributed by atoms with Crippen LogP contribution in [0.5, 0.6) is 0 Å². The Labute approximate surface area is 161 Å². The van der Waals surface area contributed by atoms with Crippen LogP contribution in [0.3, 0.4) is 0 Å². The zero-order chi connectivity index (χ0) is 20.5. The van der Waals surface area contributed by atoms with Crippen LogP contribution in [-0.4, -0.2) is 54.7 Å². The number of ether oxygens (including phenoxy) is 1. The highest BCUT2D eigenvalue weighted by molar-refractivity contribution is 7.89. The van der Waals surface area contributed by atoms with E-state index in [4.69, 9.17) is 4.74 Å². The molecule has 1 aromatic heterocycles. The molecular weight excluding hydrogens is 394 g/mol. The van der Waals surface area contributed by atoms with E-state index in [2.05, 4.69) is 10.4 Å². The molecule has 0 atom stereocenters. The zero-order valence-electron chi connectivity index (χ0n) is 15.4. The van der Waals surface area contributed by atoms with Gasteiger partial charge in [-0.3, -0.25) is 9.48 Å². The second kappa shape index (κ2) is 7.94. The first-order valence-electron chi connectivity index (χ1n) is 8.56. The summed E-state index contributed by atoms with van der Waals surface area (Å²) in [5, 5.41) is 6.53. The van der Waals surface area contributed by atoms with Crippen molar-refractivity contribution in [1.82, 2.24) is 14.1 Å². The molecule has 1 aromatic carbocycles. The quantitative estimate of drug-likeness (QED) is 0.799. The Morgan fingerprint density at radius 2 is 1.79 bits per heavy atom. The average Bonchev–Trinajstić information content (AvgIpc) is 2.88. The minimum atomic E-state index is -3.77. The van der Waals surface area contributed by atoms with Gasteiger partial charge in [-0.2, -0.15) is 9.40 Å². The van der Waals surface area contributed by atoms with Crippen molar-refractivity contribution in [2.45, 2.75) is 25.3 Å². The summed E-state index contributed by atoms with van der Waals surface area (Å²) < 4.78 is 60.1. The van der Waals surface area contributed by atoms with E-state index >= 15 is 0 Å². The first-order chi connectivity index (χ1) is 13.2. The van der Waals surface area contributed by atoms with Gasteiger partial charge in [-0.15, -0.1) is 0 Å². The number of sulfonamides is 1. The van der Waals surface area contributed by atoms with E-state index in [9.17, 15) is 22.0 Å². The molecule has 11 heteroatoms. The largest absolute Gasteiger partial charge is 0.379 e. The highest BCUT2D eigenvalue weighted by Gasteiger charge is 2.32. The Kier molecular flexibility index (Phi) is 5.77. The Hall–Kier alpha value is -2.37. The lowest BCUT2D eigenvalue weighted by atomic mass is 10.3. The average molecular weight is 414 g/mol. The van der Waals surface area contributed by atoms with E-state index in [1.54, 1.807) is 13.8 Å². The lowest BCUT2D eigenvalue weighted by molar-refractivity contribution is -0.116. The third-order valence-electron chi connectivity index (χ3n) is 4.32. The molecule has 0 bridgehead atoms. The van der Waals surface area contributed by atoms with Gasteiger partial charge in [0.05, 0.1) is 24.6 Å². The molecule has 1 N–H and O–H groups in total. The van der Waals surface area contributed by atoms with Crippen molar-refractivity contribution < 1.29 is 26.7 Å². The lowest BCUT2D eigenvalue weighted by Crippen LogP contribution is -2.41. The number of rotatable bonds is 5. The second-order valence-corrected chi connectivity index (χ2v) is 8.26. The lowest BCUT2D eigenvalue weighted by Gasteiger charge is -2.26. The van der Waals surface area contributed by atoms with Crippen molar-refractivity contribution in [1.29, 1.82) is 0 Å². The minimum absolute atomic E-state index is 0.0369. The molecular formula is C17H20F2N4O4S. The summed E-state index contributed by atoms with van der Waals surface area (Å²) in [4.78, 5) is 12.3. The molecule has 1 aliphatic heterocycles. The topological polar surface area (TPSA) is 93.5 Å². The van der Waals surface area contributed by atoms with Gasteiger partial charge in [0, 0.05) is 24.8 Å². The van der Waals surface area contributed by atoms with Gasteiger partial charge in [-0.1, -0.05) is 0 Å². The number of carbonyl (C=O) groups excluding carboxylic acids is 1. The number of hydrogen-bond donors (Lipinski definition) is 1. The first kappa shape index (κ1) is 20.4. The van der Waals surface area contributed by atoms with Gasteiger partial charge in [0.1, 0.15) is 23.1 Å². The van der Waals surface area contributed by atoms with Gasteiger partial charge >= 0.3 is 0 Å². The van der Waals surface area contributed by atoms with Crippen LogP contribution >= 0.6 is 0 Å². The number of morpholine rings is 1. The summed E-state index contributed by atoms with van der Waals surface area (Å²) in [5.74, 6) is -2.23. The van der Waals surface area contributed by atoms with Crippen molar-refractivity contribution in [3.63, 3.8) is 0 Å². The molecule has 2 aromatic rings. The Balaban J connectivity index is 1.80. The van der Waals surface area contributed by atoms with Crippen LogP contribution < -0.4 is 5.32 Å². The number of hydrogen-bond acceptors (Lipinski definition) is 5. The maximum Gasteiger partial charge on any atom is 0.246 e. The van der Waals surface area contributed by atoms with Crippen molar-refractivity contribution in [2.75, 3.05) is 31.6 Å². The first-order valence-corrected chi connectivity index (χ1v) is 10.0. The predicted octanol–water partition coefficient (Wildman–Crippen LogP) is 1.44. The van der Waals surface area contributed by atoms with Gasteiger partial charge in [-0.05, 0) is 26.0 Å². The molecule has 1 fully saturated rings. The van der Waals surface area contributed by atoms with Crippen LogP contribution in [-0.2, 0) is 26.1 Å². The number of nitrogens with zero attached hydrogens (tertiary/aromatic N) is 3. The standard InChI is InChI=1S/C17H20F2N4O4S/c1-11-17(28(25,26)22-3-5-27-6-4-22)12(2)23(21-11)10-16(24)20-15-8-13(18)7-14(19)9-15/h7-9H,3-6,10H2,1-2H3,(H,20,24). The predicted molar refractivity (Wildman–Crippen MR) is 96.3 cm³/mol. The van der Waals surface area contributed by atoms with Gasteiger partial charge < -0.3 is 10.1 Å². The van der Waals surface area contributed by atoms with Crippen LogP contribution in [0.2, 0.25) is 0 Å². The number of aryl methyl sites for hydroxylation is 1. The number of amides is 1. The van der Waals surface area contributed by atoms with Crippen LogP contribution in [0.4, 0.5) is 14.5 Å². The third-order valence-corrected chi connectivity index (χ3v) is 6.47. The molecule has 3 rings (SSSR count). The third kappa shape index (κ3) is 4.21. The molecule has 0 saturated carbocycles. The number of halogens is 2. The van der Waals surface area contributed by atoms with E-state index < -0.39 is 27.6 Å². The van der Waals surface area contributed by atoms with Gasteiger partial charge in [0.15, 0.2) is 0 Å². The van der Waals surface area contributed by atoms with E-state index in [1.165, 1.54) is 8.99 Å². The van der Waals surface area contributed by atoms with Crippen molar-refractivity contribution in [3.8, 4) is 0 Å². The van der Waals surface area contributed by atoms with Crippen LogP contribution in [0.1, 0.15) is 11.4 Å². The van der Waals surface area contributed by atoms with E-state index in [1.807, 2.05) is 0 Å². The Bertz CT molecular complexity index is 981. The second-order valence-electron chi connectivity index (χ2n) is 6.38. The molecule has 1 aliphatic rings. The molecule has 28 heavy (non-hydrogen) atoms. The van der Waals surface area contributed by atoms with Crippen molar-refractivity contribution in [2.24, 2.45) is 0 Å². The molecule has 0 unspecified atom stereocenters. The Morgan fingerprint density at radius 3 is 2.39 bits per heavy atom. The summed E-state index contributed by atoms with van der Waals surface area (Å²) in [5.41, 5.74) is 0.545. The Morgan fingerprint density at radius 1 is 1.18 bits per heavy atom. The number of benzene rings is 1. The van der Waals surface area contributed by atoms with Crippen LogP contribution in [0, 0.1) is 25.5 Å². The van der Waals surface area contributed by atoms with E-state index in [0.29, 0.717) is 25.0 Å². The van der Waals surface area contributed by atoms with E-state index in [0.717, 1.165) is 12.1 Å². The SMILES string of the molecule is Cc1nn(CC(=O)Nc2cc(F)cc(F)c2)c(C)c1S(=O)(=O)N1CCOCC1. The number of aromatic nitrogens is 2. The highest BCUT2D eigenvalue weighted by Crippen LogP contribution is 2.24. The zero-order valence-corrected chi connectivity index (χ0v) is 16.2. The molecule has 2 heterocycles. The molecule has 0 spiro atoms. The number of anilines is 1. The van der Waals surface area contributed by atoms with Gasteiger partial charge in [0.25, 0.3) is 0 Å². The number of carbonyl (C=O) groups is 1. The van der Waals surface area contributed by atoms with E-state index in [-0.39, 0.29) is 35.9 Å². The fraction of sp³-hybridized carbons (Fsp3) is 0.412. The molecule has 0 aliphatic carbocycles. The fourth-order valence-electron chi connectivity index (χ4n) is 3.09. The normalized spacial score (nSPS) is 15.6. The van der Waals surface area contributed by atoms with Gasteiger partial charge in [0.2, 0.25) is 15.9 Å². The smallest absolute Gasteiger partial charge is 0.246 e. The van der Waals surface area contributed by atoms with Crippen molar-refractivity contribution >= 4 is 21.6 Å². The molecule has 1 amide bonds. The maximum absolute atomic E-state index is 13.2. The maximum atomic E-state index is 13.2. The van der Waals surface area contributed by atoms with Crippen LogP contribution in [0.25, 0.3) is 0 Å². The summed E-state index contributed by atoms with van der Waals surface area (Å²) in [6, 6.07) is 2.66. The molecule has 0 radical (unpaired) electrons. The summed E-state index contributed by atoms with van der Waals surface area (Å²) in [6.45, 7) is 3.94. The van der Waals surface area contributed by atoms with Gasteiger partial charge in [-0.25, -0.2) is 17.2 Å². The molecule has 152 valence electrons. The summed E-state index contributed by atoms with van der Waals surface area (Å²) >= 11 is 0.